The lowest BCUT2D eigenvalue weighted by Gasteiger charge is -2.33. The molecular formula is C18H21N7O. The lowest BCUT2D eigenvalue weighted by atomic mass is 10.2. The van der Waals surface area contributed by atoms with Gasteiger partial charge in [0.2, 0.25) is 17.5 Å². The van der Waals surface area contributed by atoms with E-state index in [-0.39, 0.29) is 0 Å². The summed E-state index contributed by atoms with van der Waals surface area (Å²) >= 11 is 0. The number of nitrogen functional groups attached to an aromatic ring is 1. The Labute approximate surface area is 151 Å². The molecule has 8 nitrogen and oxygen atoms in total. The number of hydrogen-bond acceptors (Lipinski definition) is 8. The van der Waals surface area contributed by atoms with Crippen LogP contribution in [0.5, 0.6) is 0 Å². The molecule has 0 atom stereocenters. The second-order valence-corrected chi connectivity index (χ2v) is 6.35. The van der Waals surface area contributed by atoms with E-state index in [2.05, 4.69) is 60.2 Å². The van der Waals surface area contributed by atoms with Gasteiger partial charge in [-0.05, 0) is 11.6 Å². The number of rotatable bonds is 5. The average Bonchev–Trinajstić information content (AvgIpc) is 3.13. The van der Waals surface area contributed by atoms with Crippen LogP contribution in [0.2, 0.25) is 0 Å². The Morgan fingerprint density at radius 1 is 0.885 bits per heavy atom. The molecule has 3 aromatic rings. The standard InChI is InChI=1S/C18H21N7O/c19-15-6-7-20-17(21-15)18-22-16(26-23-18)13-25-10-8-24(9-11-25)12-14-4-2-1-3-5-14/h1-7H,8-13H2,(H2,19,20,21). The zero-order valence-electron chi connectivity index (χ0n) is 14.5. The van der Waals surface area contributed by atoms with Crippen LogP contribution < -0.4 is 5.73 Å². The summed E-state index contributed by atoms with van der Waals surface area (Å²) in [4.78, 5) is 17.4. The van der Waals surface area contributed by atoms with E-state index in [1.807, 2.05) is 0 Å². The molecule has 0 amide bonds. The number of anilines is 1. The lowest BCUT2D eigenvalue weighted by molar-refractivity contribution is 0.112. The molecule has 0 spiro atoms. The third kappa shape index (κ3) is 4.04. The highest BCUT2D eigenvalue weighted by Gasteiger charge is 2.20. The number of hydrogen-bond donors (Lipinski definition) is 1. The van der Waals surface area contributed by atoms with Crippen molar-refractivity contribution in [1.82, 2.24) is 29.9 Å². The van der Waals surface area contributed by atoms with Crippen LogP contribution >= 0.6 is 0 Å². The van der Waals surface area contributed by atoms with Gasteiger partial charge in [-0.1, -0.05) is 35.5 Å². The number of aromatic nitrogens is 4. The van der Waals surface area contributed by atoms with E-state index < -0.39 is 0 Å². The molecule has 8 heteroatoms. The van der Waals surface area contributed by atoms with E-state index in [0.29, 0.717) is 29.9 Å². The van der Waals surface area contributed by atoms with E-state index in [1.165, 1.54) is 5.56 Å². The molecular weight excluding hydrogens is 330 g/mol. The number of nitrogens with zero attached hydrogens (tertiary/aromatic N) is 6. The first kappa shape index (κ1) is 16.6. The maximum absolute atomic E-state index is 5.67. The molecule has 1 aliphatic heterocycles. The Morgan fingerprint density at radius 2 is 1.62 bits per heavy atom. The molecule has 1 saturated heterocycles. The molecule has 0 saturated carbocycles. The smallest absolute Gasteiger partial charge is 0.241 e. The molecule has 0 unspecified atom stereocenters. The molecule has 4 rings (SSSR count). The fraction of sp³-hybridized carbons (Fsp3) is 0.333. The molecule has 1 aliphatic rings. The predicted molar refractivity (Wildman–Crippen MR) is 96.7 cm³/mol. The van der Waals surface area contributed by atoms with Crippen LogP contribution in [-0.2, 0) is 13.1 Å². The number of benzene rings is 1. The summed E-state index contributed by atoms with van der Waals surface area (Å²) in [6.07, 6.45) is 1.58. The van der Waals surface area contributed by atoms with Crippen molar-refractivity contribution in [1.29, 1.82) is 0 Å². The van der Waals surface area contributed by atoms with Crippen molar-refractivity contribution in [2.24, 2.45) is 0 Å². The van der Waals surface area contributed by atoms with Crippen molar-refractivity contribution in [2.75, 3.05) is 31.9 Å². The van der Waals surface area contributed by atoms with Crippen molar-refractivity contribution in [2.45, 2.75) is 13.1 Å². The first-order valence-corrected chi connectivity index (χ1v) is 8.66. The number of piperazine rings is 1. The zero-order chi connectivity index (χ0) is 17.8. The van der Waals surface area contributed by atoms with Gasteiger partial charge in [-0.3, -0.25) is 9.80 Å². The molecule has 0 radical (unpaired) electrons. The van der Waals surface area contributed by atoms with Gasteiger partial charge in [0, 0.05) is 38.9 Å². The summed E-state index contributed by atoms with van der Waals surface area (Å²) in [7, 11) is 0. The van der Waals surface area contributed by atoms with Gasteiger partial charge in [-0.2, -0.15) is 4.98 Å². The summed E-state index contributed by atoms with van der Waals surface area (Å²) in [6, 6.07) is 12.2. The van der Waals surface area contributed by atoms with Gasteiger partial charge in [-0.15, -0.1) is 0 Å². The third-order valence-electron chi connectivity index (χ3n) is 4.42. The van der Waals surface area contributed by atoms with E-state index in [1.54, 1.807) is 12.3 Å². The van der Waals surface area contributed by atoms with Crippen molar-refractivity contribution < 1.29 is 4.52 Å². The predicted octanol–water partition coefficient (Wildman–Crippen LogP) is 1.43. The van der Waals surface area contributed by atoms with Gasteiger partial charge < -0.3 is 10.3 Å². The summed E-state index contributed by atoms with van der Waals surface area (Å²) in [5.74, 6) is 1.71. The maximum Gasteiger partial charge on any atom is 0.241 e. The summed E-state index contributed by atoms with van der Waals surface area (Å²) in [5, 5.41) is 3.96. The van der Waals surface area contributed by atoms with E-state index in [4.69, 9.17) is 10.3 Å². The molecule has 134 valence electrons. The van der Waals surface area contributed by atoms with E-state index >= 15 is 0 Å². The lowest BCUT2D eigenvalue weighted by Crippen LogP contribution is -2.45. The van der Waals surface area contributed by atoms with Gasteiger partial charge >= 0.3 is 0 Å². The SMILES string of the molecule is Nc1ccnc(-c2noc(CN3CCN(Cc4ccccc4)CC3)n2)n1. The minimum absolute atomic E-state index is 0.370. The highest BCUT2D eigenvalue weighted by atomic mass is 16.5. The highest BCUT2D eigenvalue weighted by Crippen LogP contribution is 2.14. The van der Waals surface area contributed by atoms with Crippen molar-refractivity contribution in [3.05, 3.63) is 54.0 Å². The molecule has 1 fully saturated rings. The highest BCUT2D eigenvalue weighted by molar-refractivity contribution is 5.45. The van der Waals surface area contributed by atoms with Crippen LogP contribution in [0.25, 0.3) is 11.6 Å². The van der Waals surface area contributed by atoms with Gasteiger partial charge in [0.25, 0.3) is 0 Å². The third-order valence-corrected chi connectivity index (χ3v) is 4.42. The van der Waals surface area contributed by atoms with E-state index in [0.717, 1.165) is 32.7 Å². The molecule has 3 heterocycles. The van der Waals surface area contributed by atoms with Crippen LogP contribution in [0.4, 0.5) is 5.82 Å². The summed E-state index contributed by atoms with van der Waals surface area (Å²) in [6.45, 7) is 5.61. The summed E-state index contributed by atoms with van der Waals surface area (Å²) in [5.41, 5.74) is 7.02. The largest absolute Gasteiger partial charge is 0.384 e. The Morgan fingerprint density at radius 3 is 2.35 bits per heavy atom. The fourth-order valence-electron chi connectivity index (χ4n) is 3.03. The maximum atomic E-state index is 5.67. The molecule has 0 aliphatic carbocycles. The fourth-order valence-corrected chi connectivity index (χ4v) is 3.03. The normalized spacial score (nSPS) is 16.0. The Balaban J connectivity index is 1.31. The number of nitrogens with two attached hydrogens (primary N) is 1. The summed E-state index contributed by atoms with van der Waals surface area (Å²) < 4.78 is 5.35. The minimum atomic E-state index is 0.370. The quantitative estimate of drug-likeness (QED) is 0.737. The van der Waals surface area contributed by atoms with Crippen molar-refractivity contribution in [3.63, 3.8) is 0 Å². The molecule has 2 aromatic heterocycles. The van der Waals surface area contributed by atoms with Crippen LogP contribution in [0, 0.1) is 0 Å². The zero-order valence-corrected chi connectivity index (χ0v) is 14.5. The van der Waals surface area contributed by atoms with E-state index in [9.17, 15) is 0 Å². The average molecular weight is 351 g/mol. The second-order valence-electron chi connectivity index (χ2n) is 6.35. The molecule has 26 heavy (non-hydrogen) atoms. The Kier molecular flexibility index (Phi) is 4.85. The van der Waals surface area contributed by atoms with Crippen molar-refractivity contribution >= 4 is 5.82 Å². The molecule has 0 bridgehead atoms. The topological polar surface area (TPSA) is 97.2 Å². The van der Waals surface area contributed by atoms with Gasteiger partial charge in [0.15, 0.2) is 0 Å². The van der Waals surface area contributed by atoms with Crippen LogP contribution in [0.15, 0.2) is 47.1 Å². The molecule has 2 N–H and O–H groups in total. The Bertz CT molecular complexity index is 844. The van der Waals surface area contributed by atoms with Gasteiger partial charge in [0.1, 0.15) is 5.82 Å². The monoisotopic (exact) mass is 351 g/mol. The minimum Gasteiger partial charge on any atom is -0.384 e. The van der Waals surface area contributed by atoms with Crippen molar-refractivity contribution in [3.8, 4) is 11.6 Å². The first-order valence-electron chi connectivity index (χ1n) is 8.66. The van der Waals surface area contributed by atoms with Gasteiger partial charge in [-0.25, -0.2) is 9.97 Å². The molecule has 1 aromatic carbocycles. The van der Waals surface area contributed by atoms with Gasteiger partial charge in [0.05, 0.1) is 6.54 Å². The second kappa shape index (κ2) is 7.59. The van der Waals surface area contributed by atoms with Crippen LogP contribution in [-0.4, -0.2) is 56.1 Å². The first-order chi connectivity index (χ1) is 12.8. The van der Waals surface area contributed by atoms with Crippen LogP contribution in [0.3, 0.4) is 0 Å². The van der Waals surface area contributed by atoms with Crippen LogP contribution in [0.1, 0.15) is 11.5 Å². The Hall–Kier alpha value is -2.84.